The quantitative estimate of drug-likeness (QED) is 0.757. The first kappa shape index (κ1) is 10.6. The lowest BCUT2D eigenvalue weighted by atomic mass is 10.1. The maximum absolute atomic E-state index is 13.0. The van der Waals surface area contributed by atoms with Crippen LogP contribution in [0.3, 0.4) is 0 Å². The Morgan fingerprint density at radius 2 is 2.21 bits per heavy atom. The molecule has 2 N–H and O–H groups in total. The topological polar surface area (TPSA) is 56.0 Å². The van der Waals surface area contributed by atoms with Crippen molar-refractivity contribution < 1.29 is 18.0 Å². The number of hydrogen-bond acceptors (Lipinski definition) is 3. The van der Waals surface area contributed by atoms with Gasteiger partial charge in [0.25, 0.3) is 6.43 Å². The molecule has 0 aromatic carbocycles. The fourth-order valence-corrected chi connectivity index (χ4v) is 0.989. The zero-order chi connectivity index (χ0) is 10.7. The van der Waals surface area contributed by atoms with Gasteiger partial charge in [0.15, 0.2) is 6.29 Å². The highest BCUT2D eigenvalue weighted by Crippen LogP contribution is 2.20. The van der Waals surface area contributed by atoms with E-state index < -0.39 is 17.9 Å². The first-order valence-electron chi connectivity index (χ1n) is 3.72. The van der Waals surface area contributed by atoms with Crippen LogP contribution in [0.1, 0.15) is 28.2 Å². The minimum Gasteiger partial charge on any atom is -0.326 e. The first-order valence-corrected chi connectivity index (χ1v) is 3.72. The zero-order valence-electron chi connectivity index (χ0n) is 7.01. The second-order valence-electron chi connectivity index (χ2n) is 2.52. The molecule has 0 aliphatic rings. The Kier molecular flexibility index (Phi) is 3.19. The van der Waals surface area contributed by atoms with Gasteiger partial charge in [0.1, 0.15) is 17.2 Å². The molecule has 0 spiro atoms. The van der Waals surface area contributed by atoms with Crippen LogP contribution in [0.25, 0.3) is 0 Å². The van der Waals surface area contributed by atoms with E-state index in [2.05, 4.69) is 4.98 Å². The number of hydrogen-bond donors (Lipinski definition) is 1. The van der Waals surface area contributed by atoms with Crippen LogP contribution in [0.5, 0.6) is 0 Å². The largest absolute Gasteiger partial charge is 0.326 e. The highest BCUT2D eigenvalue weighted by molar-refractivity contribution is 5.74. The molecule has 0 atom stereocenters. The van der Waals surface area contributed by atoms with Gasteiger partial charge < -0.3 is 5.73 Å². The van der Waals surface area contributed by atoms with Gasteiger partial charge in [-0.3, -0.25) is 4.79 Å². The minimum absolute atomic E-state index is 0.149. The van der Waals surface area contributed by atoms with Gasteiger partial charge in [-0.2, -0.15) is 0 Å². The summed E-state index contributed by atoms with van der Waals surface area (Å²) in [4.78, 5) is 13.7. The number of pyridine rings is 1. The van der Waals surface area contributed by atoms with E-state index in [4.69, 9.17) is 5.73 Å². The maximum Gasteiger partial charge on any atom is 0.280 e. The van der Waals surface area contributed by atoms with Crippen molar-refractivity contribution in [2.24, 2.45) is 5.73 Å². The molecule has 6 heteroatoms. The van der Waals surface area contributed by atoms with Crippen LogP contribution in [-0.2, 0) is 6.54 Å². The fraction of sp³-hybridized carbons (Fsp3) is 0.250. The molecule has 1 rings (SSSR count). The molecule has 0 unspecified atom stereocenters. The van der Waals surface area contributed by atoms with E-state index in [1.807, 2.05) is 0 Å². The van der Waals surface area contributed by atoms with Gasteiger partial charge >= 0.3 is 0 Å². The molecule has 3 nitrogen and oxygen atoms in total. The molecule has 76 valence electrons. The Balaban J connectivity index is 3.31. The normalized spacial score (nSPS) is 10.6. The van der Waals surface area contributed by atoms with Crippen molar-refractivity contribution in [3.05, 3.63) is 28.8 Å². The highest BCUT2D eigenvalue weighted by Gasteiger charge is 2.16. The van der Waals surface area contributed by atoms with E-state index in [0.717, 1.165) is 0 Å². The number of carbonyl (C=O) groups excluding carboxylic acids is 1. The molecule has 0 fully saturated rings. The van der Waals surface area contributed by atoms with Crippen LogP contribution in [0.2, 0.25) is 0 Å². The molecule has 0 saturated heterocycles. The van der Waals surface area contributed by atoms with E-state index in [-0.39, 0.29) is 24.1 Å². The number of rotatable bonds is 3. The lowest BCUT2D eigenvalue weighted by molar-refractivity contribution is 0.111. The van der Waals surface area contributed by atoms with Gasteiger partial charge in [-0.25, -0.2) is 18.2 Å². The van der Waals surface area contributed by atoms with Gasteiger partial charge in [0.2, 0.25) is 0 Å². The Labute approximate surface area is 77.7 Å². The van der Waals surface area contributed by atoms with Gasteiger partial charge in [0.05, 0.1) is 0 Å². The minimum atomic E-state index is -2.91. The van der Waals surface area contributed by atoms with Crippen molar-refractivity contribution in [1.82, 2.24) is 4.98 Å². The molecular formula is C8H7F3N2O. The number of alkyl halides is 2. The predicted molar refractivity (Wildman–Crippen MR) is 42.4 cm³/mol. The molecule has 0 radical (unpaired) electrons. The summed E-state index contributed by atoms with van der Waals surface area (Å²) in [5, 5.41) is 0. The third-order valence-corrected chi connectivity index (χ3v) is 1.66. The summed E-state index contributed by atoms with van der Waals surface area (Å²) >= 11 is 0. The van der Waals surface area contributed by atoms with Crippen molar-refractivity contribution in [3.63, 3.8) is 0 Å². The molecule has 0 amide bonds. The zero-order valence-corrected chi connectivity index (χ0v) is 7.01. The number of carbonyl (C=O) groups is 1. The predicted octanol–water partition coefficient (Wildman–Crippen LogP) is 1.43. The smallest absolute Gasteiger partial charge is 0.280 e. The van der Waals surface area contributed by atoms with Crippen molar-refractivity contribution in [2.45, 2.75) is 13.0 Å². The molecule has 0 aliphatic heterocycles. The van der Waals surface area contributed by atoms with Crippen LogP contribution in [0.4, 0.5) is 13.2 Å². The first-order chi connectivity index (χ1) is 6.60. The maximum atomic E-state index is 13.0. The molecular weight excluding hydrogens is 197 g/mol. The summed E-state index contributed by atoms with van der Waals surface area (Å²) in [6, 6.07) is 0.583. The van der Waals surface area contributed by atoms with E-state index in [0.29, 0.717) is 6.07 Å². The lowest BCUT2D eigenvalue weighted by Crippen LogP contribution is -2.09. The van der Waals surface area contributed by atoms with E-state index in [1.165, 1.54) is 0 Å². The summed E-state index contributed by atoms with van der Waals surface area (Å²) < 4.78 is 37.3. The molecule has 1 aromatic heterocycles. The summed E-state index contributed by atoms with van der Waals surface area (Å²) in [6.45, 7) is -0.254. The van der Waals surface area contributed by atoms with Gasteiger partial charge in [-0.1, -0.05) is 0 Å². The number of nitrogens with two attached hydrogens (primary N) is 1. The highest BCUT2D eigenvalue weighted by atomic mass is 19.3. The number of aromatic nitrogens is 1. The fourth-order valence-electron chi connectivity index (χ4n) is 0.989. The standard InChI is InChI=1S/C8H7F3N2O/c9-5-1-6(8(10)11)13-7(3-14)4(5)2-12/h1,3,8H,2,12H2. The average molecular weight is 204 g/mol. The molecule has 0 aliphatic carbocycles. The molecule has 0 saturated carbocycles. The van der Waals surface area contributed by atoms with Gasteiger partial charge in [-0.05, 0) is 0 Å². The Hall–Kier alpha value is -1.43. The Morgan fingerprint density at radius 1 is 1.57 bits per heavy atom. The van der Waals surface area contributed by atoms with Crippen LogP contribution in [0, 0.1) is 5.82 Å². The third-order valence-electron chi connectivity index (χ3n) is 1.66. The number of nitrogens with zero attached hydrogens (tertiary/aromatic N) is 1. The third kappa shape index (κ3) is 1.90. The lowest BCUT2D eigenvalue weighted by Gasteiger charge is -2.05. The average Bonchev–Trinajstić information content (AvgIpc) is 2.16. The number of halogens is 3. The molecule has 14 heavy (non-hydrogen) atoms. The van der Waals surface area contributed by atoms with Crippen LogP contribution in [-0.4, -0.2) is 11.3 Å². The van der Waals surface area contributed by atoms with Crippen molar-refractivity contribution in [2.75, 3.05) is 0 Å². The van der Waals surface area contributed by atoms with Gasteiger partial charge in [0, 0.05) is 18.2 Å². The van der Waals surface area contributed by atoms with Crippen molar-refractivity contribution in [3.8, 4) is 0 Å². The van der Waals surface area contributed by atoms with Crippen LogP contribution < -0.4 is 5.73 Å². The second kappa shape index (κ2) is 4.19. The van der Waals surface area contributed by atoms with E-state index >= 15 is 0 Å². The number of aldehydes is 1. The van der Waals surface area contributed by atoms with E-state index in [1.54, 1.807) is 0 Å². The Bertz CT molecular complexity index is 355. The SMILES string of the molecule is NCc1c(F)cc(C(F)F)nc1C=O. The monoisotopic (exact) mass is 204 g/mol. The Morgan fingerprint density at radius 3 is 2.64 bits per heavy atom. The van der Waals surface area contributed by atoms with Crippen molar-refractivity contribution >= 4 is 6.29 Å². The van der Waals surface area contributed by atoms with Crippen molar-refractivity contribution in [1.29, 1.82) is 0 Å². The molecule has 1 heterocycles. The van der Waals surface area contributed by atoms with Gasteiger partial charge in [-0.15, -0.1) is 0 Å². The summed E-state index contributed by atoms with van der Waals surface area (Å²) in [5.41, 5.74) is 3.84. The molecule has 0 bridgehead atoms. The van der Waals surface area contributed by atoms with Crippen LogP contribution >= 0.6 is 0 Å². The van der Waals surface area contributed by atoms with E-state index in [9.17, 15) is 18.0 Å². The van der Waals surface area contributed by atoms with Crippen LogP contribution in [0.15, 0.2) is 6.07 Å². The summed E-state index contributed by atoms with van der Waals surface area (Å²) in [6.07, 6.45) is -2.70. The second-order valence-corrected chi connectivity index (χ2v) is 2.52. The summed E-state index contributed by atoms with van der Waals surface area (Å²) in [7, 11) is 0. The molecule has 1 aromatic rings. The summed E-state index contributed by atoms with van der Waals surface area (Å²) in [5.74, 6) is -0.931.